The first-order valence-corrected chi connectivity index (χ1v) is 8.19. The number of rotatable bonds is 7. The fourth-order valence-electron chi connectivity index (χ4n) is 3.38. The van der Waals surface area contributed by atoms with E-state index >= 15 is 0 Å². The summed E-state index contributed by atoms with van der Waals surface area (Å²) in [5.74, 6) is 0.752. The summed E-state index contributed by atoms with van der Waals surface area (Å²) in [6, 6.07) is 9.21. The number of hydrogen-bond acceptors (Lipinski definition) is 2. The van der Waals surface area contributed by atoms with Crippen molar-refractivity contribution in [1.82, 2.24) is 5.32 Å². The van der Waals surface area contributed by atoms with Crippen molar-refractivity contribution < 1.29 is 4.74 Å². The van der Waals surface area contributed by atoms with Crippen LogP contribution in [0.5, 0.6) is 0 Å². The van der Waals surface area contributed by atoms with Crippen molar-refractivity contribution in [2.45, 2.75) is 58.6 Å². The number of hydrogen-bond donors (Lipinski definition) is 1. The Balaban J connectivity index is 2.13. The van der Waals surface area contributed by atoms with Gasteiger partial charge in [0.2, 0.25) is 0 Å². The highest BCUT2D eigenvalue weighted by molar-refractivity contribution is 5.32. The SMILES string of the molecule is CCCC(C)CC(NCC)C1OCCc2ccccc21. The fraction of sp³-hybridized carbons (Fsp3) is 0.667. The largest absolute Gasteiger partial charge is 0.372 e. The standard InChI is InChI=1S/C18H29NO/c1-4-8-14(3)13-17(19-5-2)18-16-10-7-6-9-15(16)11-12-20-18/h6-7,9-10,14,17-19H,4-5,8,11-13H2,1-3H3. The van der Waals surface area contributed by atoms with Crippen molar-refractivity contribution in [3.05, 3.63) is 35.4 Å². The zero-order chi connectivity index (χ0) is 14.4. The third kappa shape index (κ3) is 3.83. The molecule has 1 aromatic rings. The summed E-state index contributed by atoms with van der Waals surface area (Å²) in [4.78, 5) is 0. The Hall–Kier alpha value is -0.860. The summed E-state index contributed by atoms with van der Waals surface area (Å²) < 4.78 is 6.14. The molecule has 0 fully saturated rings. The Morgan fingerprint density at radius 3 is 2.85 bits per heavy atom. The van der Waals surface area contributed by atoms with Crippen LogP contribution in [0.3, 0.4) is 0 Å². The molecular weight excluding hydrogens is 246 g/mol. The van der Waals surface area contributed by atoms with Crippen molar-refractivity contribution >= 4 is 0 Å². The molecule has 0 aliphatic carbocycles. The van der Waals surface area contributed by atoms with E-state index in [4.69, 9.17) is 4.74 Å². The highest BCUT2D eigenvalue weighted by atomic mass is 16.5. The lowest BCUT2D eigenvalue weighted by Gasteiger charge is -2.34. The second-order valence-corrected chi connectivity index (χ2v) is 6.03. The van der Waals surface area contributed by atoms with E-state index in [9.17, 15) is 0 Å². The van der Waals surface area contributed by atoms with Gasteiger partial charge in [-0.1, -0.05) is 57.9 Å². The molecule has 1 aromatic carbocycles. The molecule has 0 radical (unpaired) electrons. The van der Waals surface area contributed by atoms with Crippen LogP contribution in [0, 0.1) is 5.92 Å². The molecule has 1 aliphatic heterocycles. The van der Waals surface area contributed by atoms with Crippen molar-refractivity contribution in [2.24, 2.45) is 5.92 Å². The maximum atomic E-state index is 6.14. The molecule has 2 nitrogen and oxygen atoms in total. The first-order chi connectivity index (χ1) is 9.76. The molecule has 2 rings (SSSR count). The maximum absolute atomic E-state index is 6.14. The lowest BCUT2D eigenvalue weighted by Crippen LogP contribution is -2.39. The van der Waals surface area contributed by atoms with Gasteiger partial charge in [-0.05, 0) is 36.4 Å². The van der Waals surface area contributed by atoms with Gasteiger partial charge in [-0.15, -0.1) is 0 Å². The van der Waals surface area contributed by atoms with Gasteiger partial charge in [-0.25, -0.2) is 0 Å². The number of ether oxygens (including phenoxy) is 1. The van der Waals surface area contributed by atoms with Crippen LogP contribution in [-0.2, 0) is 11.2 Å². The van der Waals surface area contributed by atoms with Crippen molar-refractivity contribution in [3.8, 4) is 0 Å². The van der Waals surface area contributed by atoms with Crippen LogP contribution >= 0.6 is 0 Å². The van der Waals surface area contributed by atoms with Gasteiger partial charge in [0.25, 0.3) is 0 Å². The minimum atomic E-state index is 0.221. The average molecular weight is 275 g/mol. The summed E-state index contributed by atoms with van der Waals surface area (Å²) in [6.45, 7) is 8.68. The molecule has 112 valence electrons. The molecule has 20 heavy (non-hydrogen) atoms. The second kappa shape index (κ2) is 7.80. The normalized spacial score (nSPS) is 21.2. The molecule has 0 amide bonds. The van der Waals surface area contributed by atoms with Crippen molar-refractivity contribution in [3.63, 3.8) is 0 Å². The topological polar surface area (TPSA) is 21.3 Å². The van der Waals surface area contributed by atoms with E-state index in [1.54, 1.807) is 0 Å². The smallest absolute Gasteiger partial charge is 0.0980 e. The van der Waals surface area contributed by atoms with Crippen LogP contribution < -0.4 is 5.32 Å². The zero-order valence-corrected chi connectivity index (χ0v) is 13.2. The van der Waals surface area contributed by atoms with Crippen LogP contribution in [0.2, 0.25) is 0 Å². The molecule has 3 atom stereocenters. The lowest BCUT2D eigenvalue weighted by atomic mass is 9.87. The van der Waals surface area contributed by atoms with Gasteiger partial charge in [-0.3, -0.25) is 0 Å². The van der Waals surface area contributed by atoms with E-state index in [1.165, 1.54) is 30.4 Å². The van der Waals surface area contributed by atoms with Crippen molar-refractivity contribution in [1.29, 1.82) is 0 Å². The Bertz CT molecular complexity index is 404. The number of nitrogens with one attached hydrogen (secondary N) is 1. The van der Waals surface area contributed by atoms with Gasteiger partial charge in [0.05, 0.1) is 12.7 Å². The molecule has 0 saturated heterocycles. The fourth-order valence-corrected chi connectivity index (χ4v) is 3.38. The molecule has 0 aromatic heterocycles. The first-order valence-electron chi connectivity index (χ1n) is 8.19. The Labute approximate surface area is 123 Å². The summed E-state index contributed by atoms with van der Waals surface area (Å²) in [5.41, 5.74) is 2.86. The minimum absolute atomic E-state index is 0.221. The maximum Gasteiger partial charge on any atom is 0.0980 e. The predicted octanol–water partition coefficient (Wildman–Crippen LogP) is 4.10. The van der Waals surface area contributed by atoms with Gasteiger partial charge in [0.1, 0.15) is 0 Å². The monoisotopic (exact) mass is 275 g/mol. The van der Waals surface area contributed by atoms with Crippen LogP contribution in [0.1, 0.15) is 57.3 Å². The third-order valence-electron chi connectivity index (χ3n) is 4.30. The van der Waals surface area contributed by atoms with Crippen LogP contribution in [-0.4, -0.2) is 19.2 Å². The van der Waals surface area contributed by atoms with E-state index < -0.39 is 0 Å². The van der Waals surface area contributed by atoms with Gasteiger partial charge >= 0.3 is 0 Å². The zero-order valence-electron chi connectivity index (χ0n) is 13.2. The second-order valence-electron chi connectivity index (χ2n) is 6.03. The highest BCUT2D eigenvalue weighted by Gasteiger charge is 2.29. The quantitative estimate of drug-likeness (QED) is 0.808. The number of benzene rings is 1. The molecule has 2 heteroatoms. The molecule has 0 saturated carbocycles. The molecule has 1 N–H and O–H groups in total. The number of likely N-dealkylation sites (N-methyl/N-ethyl adjacent to an activating group) is 1. The van der Waals surface area contributed by atoms with E-state index in [-0.39, 0.29) is 6.10 Å². The average Bonchev–Trinajstić information content (AvgIpc) is 2.46. The van der Waals surface area contributed by atoms with Crippen molar-refractivity contribution in [2.75, 3.05) is 13.2 Å². The third-order valence-corrected chi connectivity index (χ3v) is 4.30. The van der Waals surface area contributed by atoms with Crippen LogP contribution in [0.4, 0.5) is 0 Å². The van der Waals surface area contributed by atoms with E-state index in [0.29, 0.717) is 6.04 Å². The van der Waals surface area contributed by atoms with Gasteiger partial charge < -0.3 is 10.1 Å². The predicted molar refractivity (Wildman–Crippen MR) is 85.0 cm³/mol. The Morgan fingerprint density at radius 2 is 2.10 bits per heavy atom. The molecule has 1 aliphatic rings. The van der Waals surface area contributed by atoms with E-state index in [0.717, 1.165) is 25.5 Å². The summed E-state index contributed by atoms with van der Waals surface area (Å²) in [7, 11) is 0. The van der Waals surface area contributed by atoms with Gasteiger partial charge in [-0.2, -0.15) is 0 Å². The minimum Gasteiger partial charge on any atom is -0.372 e. The molecular formula is C18H29NO. The summed E-state index contributed by atoms with van der Waals surface area (Å²) in [6.07, 6.45) is 5.04. The highest BCUT2D eigenvalue weighted by Crippen LogP contribution is 2.32. The van der Waals surface area contributed by atoms with Gasteiger partial charge in [0, 0.05) is 6.04 Å². The molecule has 0 bridgehead atoms. The Morgan fingerprint density at radius 1 is 1.30 bits per heavy atom. The number of fused-ring (bicyclic) bond motifs is 1. The van der Waals surface area contributed by atoms with Crippen LogP contribution in [0.25, 0.3) is 0 Å². The molecule has 1 heterocycles. The Kier molecular flexibility index (Phi) is 6.06. The summed E-state index contributed by atoms with van der Waals surface area (Å²) in [5, 5.41) is 3.66. The van der Waals surface area contributed by atoms with E-state index in [2.05, 4.69) is 50.4 Å². The molecule has 3 unspecified atom stereocenters. The first kappa shape index (κ1) is 15.5. The molecule has 0 spiro atoms. The van der Waals surface area contributed by atoms with Crippen LogP contribution in [0.15, 0.2) is 24.3 Å². The van der Waals surface area contributed by atoms with E-state index in [1.807, 2.05) is 0 Å². The lowest BCUT2D eigenvalue weighted by molar-refractivity contribution is 0.00989. The summed E-state index contributed by atoms with van der Waals surface area (Å²) >= 11 is 0. The van der Waals surface area contributed by atoms with Gasteiger partial charge in [0.15, 0.2) is 0 Å².